The summed E-state index contributed by atoms with van der Waals surface area (Å²) in [5.74, 6) is 0. The highest BCUT2D eigenvalue weighted by molar-refractivity contribution is 6.30. The summed E-state index contributed by atoms with van der Waals surface area (Å²) in [6.45, 7) is 5.32. The molecule has 0 amide bonds. The van der Waals surface area contributed by atoms with Crippen molar-refractivity contribution in [2.45, 2.75) is 32.3 Å². The van der Waals surface area contributed by atoms with E-state index in [0.717, 1.165) is 24.5 Å². The van der Waals surface area contributed by atoms with Gasteiger partial charge in [-0.3, -0.25) is 0 Å². The maximum atomic E-state index is 5.78. The van der Waals surface area contributed by atoms with Gasteiger partial charge in [-0.05, 0) is 24.1 Å². The molecule has 1 aromatic rings. The normalized spacial score (nSPS) is 10.5. The highest BCUT2D eigenvalue weighted by atomic mass is 35.5. The minimum atomic E-state index is 0.682. The van der Waals surface area contributed by atoms with Crippen LogP contribution in [0.15, 0.2) is 24.3 Å². The smallest absolute Gasteiger partial charge is 0.0716 e. The number of ether oxygens (including phenoxy) is 1. The van der Waals surface area contributed by atoms with Crippen molar-refractivity contribution in [1.82, 2.24) is 0 Å². The molecule has 1 nitrogen and oxygen atoms in total. The topological polar surface area (TPSA) is 9.23 Å². The van der Waals surface area contributed by atoms with E-state index in [1.807, 2.05) is 24.3 Å². The summed E-state index contributed by atoms with van der Waals surface area (Å²) >= 11 is 5.78. The zero-order valence-corrected chi connectivity index (χ0v) is 9.80. The van der Waals surface area contributed by atoms with Gasteiger partial charge < -0.3 is 4.74 Å². The number of hydrogen-bond acceptors (Lipinski definition) is 1. The Bertz CT molecular complexity index is 256. The Morgan fingerprint density at radius 2 is 1.80 bits per heavy atom. The summed E-state index contributed by atoms with van der Waals surface area (Å²) in [5, 5.41) is 0.772. The second kappa shape index (κ2) is 7.72. The Labute approximate surface area is 97.4 Å². The van der Waals surface area contributed by atoms with E-state index in [1.165, 1.54) is 18.4 Å². The number of benzene rings is 1. The van der Waals surface area contributed by atoms with Gasteiger partial charge in [0.25, 0.3) is 0 Å². The molecule has 0 aliphatic heterocycles. The van der Waals surface area contributed by atoms with Gasteiger partial charge in [0.2, 0.25) is 0 Å². The Morgan fingerprint density at radius 1 is 1.07 bits per heavy atom. The van der Waals surface area contributed by atoms with Crippen LogP contribution in [0.25, 0.3) is 0 Å². The lowest BCUT2D eigenvalue weighted by atomic mass is 10.2. The zero-order chi connectivity index (χ0) is 10.9. The van der Waals surface area contributed by atoms with Gasteiger partial charge in [0.05, 0.1) is 6.61 Å². The van der Waals surface area contributed by atoms with Crippen LogP contribution in [0.1, 0.15) is 31.2 Å². The van der Waals surface area contributed by atoms with Gasteiger partial charge in [-0.2, -0.15) is 0 Å². The zero-order valence-electron chi connectivity index (χ0n) is 9.05. The largest absolute Gasteiger partial charge is 0.377 e. The number of halogens is 1. The molecule has 0 aromatic heterocycles. The molecule has 1 aromatic carbocycles. The number of rotatable bonds is 7. The lowest BCUT2D eigenvalue weighted by Gasteiger charge is -2.04. The van der Waals surface area contributed by atoms with Crippen LogP contribution in [0.5, 0.6) is 0 Å². The summed E-state index contributed by atoms with van der Waals surface area (Å²) in [7, 11) is 0. The third kappa shape index (κ3) is 5.81. The summed E-state index contributed by atoms with van der Waals surface area (Å²) in [4.78, 5) is 0. The van der Waals surface area contributed by atoms with Gasteiger partial charge >= 0.3 is 0 Å². The number of hydrogen-bond donors (Lipinski definition) is 0. The van der Waals surface area contributed by atoms with Crippen molar-refractivity contribution in [2.24, 2.45) is 0 Å². The lowest BCUT2D eigenvalue weighted by Crippen LogP contribution is -1.95. The minimum absolute atomic E-state index is 0.682. The monoisotopic (exact) mass is 225 g/mol. The Kier molecular flexibility index (Phi) is 6.45. The Morgan fingerprint density at radius 3 is 2.47 bits per heavy atom. The predicted molar refractivity (Wildman–Crippen MR) is 64.9 cm³/mol. The highest BCUT2D eigenvalue weighted by Crippen LogP contribution is 2.10. The van der Waals surface area contributed by atoms with Crippen LogP contribution in [-0.4, -0.2) is 6.61 Å². The van der Waals surface area contributed by atoms with Crippen LogP contribution in [0.2, 0.25) is 5.02 Å². The van der Waals surface area contributed by atoms with Gasteiger partial charge in [-0.15, -0.1) is 0 Å². The van der Waals surface area contributed by atoms with Crippen LogP contribution in [0, 0.1) is 6.92 Å². The van der Waals surface area contributed by atoms with Gasteiger partial charge in [0.1, 0.15) is 0 Å². The molecule has 2 heteroatoms. The molecule has 15 heavy (non-hydrogen) atoms. The second-order valence-corrected chi connectivity index (χ2v) is 4.03. The van der Waals surface area contributed by atoms with Crippen molar-refractivity contribution < 1.29 is 4.74 Å². The molecule has 0 fully saturated rings. The Balaban J connectivity index is 2.07. The SMILES string of the molecule is [CH2]CCCCCOCc1ccc(Cl)cc1. The van der Waals surface area contributed by atoms with Crippen LogP contribution in [0.3, 0.4) is 0 Å². The summed E-state index contributed by atoms with van der Waals surface area (Å²) in [6.07, 6.45) is 4.56. The standard InChI is InChI=1S/C13H18ClO/c1-2-3-4-5-10-15-11-12-6-8-13(14)9-7-12/h6-9H,1-5,10-11H2. The van der Waals surface area contributed by atoms with Crippen molar-refractivity contribution in [2.75, 3.05) is 6.61 Å². The van der Waals surface area contributed by atoms with Crippen molar-refractivity contribution >= 4 is 11.6 Å². The summed E-state index contributed by atoms with van der Waals surface area (Å²) in [6, 6.07) is 7.78. The van der Waals surface area contributed by atoms with Crippen LogP contribution in [-0.2, 0) is 11.3 Å². The Hall–Kier alpha value is -0.530. The van der Waals surface area contributed by atoms with E-state index in [0.29, 0.717) is 6.61 Å². The lowest BCUT2D eigenvalue weighted by molar-refractivity contribution is 0.117. The molecule has 0 N–H and O–H groups in total. The first-order valence-electron chi connectivity index (χ1n) is 5.44. The predicted octanol–water partition coefficient (Wildman–Crippen LogP) is 4.25. The molecule has 0 bridgehead atoms. The van der Waals surface area contributed by atoms with Crippen LogP contribution in [0.4, 0.5) is 0 Å². The average molecular weight is 226 g/mol. The third-order valence-corrected chi connectivity index (χ3v) is 2.47. The molecule has 0 saturated carbocycles. The van der Waals surface area contributed by atoms with Gasteiger partial charge in [-0.1, -0.05) is 49.9 Å². The van der Waals surface area contributed by atoms with E-state index in [2.05, 4.69) is 6.92 Å². The first-order chi connectivity index (χ1) is 7.33. The molecule has 0 aliphatic rings. The second-order valence-electron chi connectivity index (χ2n) is 3.59. The molecule has 0 heterocycles. The molecule has 1 radical (unpaired) electrons. The van der Waals surface area contributed by atoms with Crippen molar-refractivity contribution in [1.29, 1.82) is 0 Å². The summed E-state index contributed by atoms with van der Waals surface area (Å²) < 4.78 is 5.54. The van der Waals surface area contributed by atoms with E-state index in [1.54, 1.807) is 0 Å². The van der Waals surface area contributed by atoms with E-state index >= 15 is 0 Å². The van der Waals surface area contributed by atoms with Gasteiger partial charge in [0, 0.05) is 11.6 Å². The van der Waals surface area contributed by atoms with E-state index in [-0.39, 0.29) is 0 Å². The molecule has 83 valence electrons. The van der Waals surface area contributed by atoms with E-state index < -0.39 is 0 Å². The molecular formula is C13H18ClO. The average Bonchev–Trinajstić information content (AvgIpc) is 2.26. The fourth-order valence-electron chi connectivity index (χ4n) is 1.33. The van der Waals surface area contributed by atoms with E-state index in [4.69, 9.17) is 16.3 Å². The molecule has 0 atom stereocenters. The molecule has 1 rings (SSSR count). The van der Waals surface area contributed by atoms with Gasteiger partial charge in [0.15, 0.2) is 0 Å². The van der Waals surface area contributed by atoms with E-state index in [9.17, 15) is 0 Å². The fourth-order valence-corrected chi connectivity index (χ4v) is 1.45. The van der Waals surface area contributed by atoms with Crippen molar-refractivity contribution in [3.8, 4) is 0 Å². The number of unbranched alkanes of at least 4 members (excludes halogenated alkanes) is 3. The first kappa shape index (κ1) is 12.5. The van der Waals surface area contributed by atoms with Crippen molar-refractivity contribution in [3.63, 3.8) is 0 Å². The molecule has 0 unspecified atom stereocenters. The molecule has 0 aliphatic carbocycles. The highest BCUT2D eigenvalue weighted by Gasteiger charge is 1.93. The fraction of sp³-hybridized carbons (Fsp3) is 0.462. The van der Waals surface area contributed by atoms with Gasteiger partial charge in [-0.25, -0.2) is 0 Å². The van der Waals surface area contributed by atoms with Crippen LogP contribution >= 0.6 is 11.6 Å². The molecule has 0 spiro atoms. The van der Waals surface area contributed by atoms with Crippen LogP contribution < -0.4 is 0 Å². The maximum absolute atomic E-state index is 5.78. The molecular weight excluding hydrogens is 208 g/mol. The van der Waals surface area contributed by atoms with Crippen molar-refractivity contribution in [3.05, 3.63) is 41.8 Å². The molecule has 0 saturated heterocycles. The third-order valence-electron chi connectivity index (χ3n) is 2.22. The first-order valence-corrected chi connectivity index (χ1v) is 5.82. The quantitative estimate of drug-likeness (QED) is 0.631. The minimum Gasteiger partial charge on any atom is -0.377 e. The summed E-state index contributed by atoms with van der Waals surface area (Å²) in [5.41, 5.74) is 1.18. The maximum Gasteiger partial charge on any atom is 0.0716 e.